The van der Waals surface area contributed by atoms with Gasteiger partial charge in [-0.25, -0.2) is 9.48 Å². The van der Waals surface area contributed by atoms with Gasteiger partial charge < -0.3 is 10.1 Å². The minimum Gasteiger partial charge on any atom is -0.459 e. The van der Waals surface area contributed by atoms with Gasteiger partial charge in [-0.1, -0.05) is 28.1 Å². The van der Waals surface area contributed by atoms with Crippen LogP contribution in [0.4, 0.5) is 5.95 Å². The molecule has 1 N–H and O–H groups in total. The molecule has 0 spiro atoms. The van der Waals surface area contributed by atoms with Crippen molar-refractivity contribution in [1.29, 1.82) is 0 Å². The smallest absolute Gasteiger partial charge is 0.338 e. The molecular weight excluding hydrogens is 360 g/mol. The third-order valence-electron chi connectivity index (χ3n) is 3.52. The van der Waals surface area contributed by atoms with Crippen molar-refractivity contribution in [3.05, 3.63) is 51.9 Å². The SMILES string of the molecule is CC1=C(C(=O)OC(C)C)[C@@H](c2cccc(Br)c2)n2ncnc2N1. The molecule has 1 atom stereocenters. The van der Waals surface area contributed by atoms with Crippen LogP contribution >= 0.6 is 15.9 Å². The lowest BCUT2D eigenvalue weighted by Crippen LogP contribution is -2.30. The first-order valence-corrected chi connectivity index (χ1v) is 8.10. The Morgan fingerprint density at radius 1 is 1.43 bits per heavy atom. The van der Waals surface area contributed by atoms with Crippen molar-refractivity contribution in [1.82, 2.24) is 14.8 Å². The van der Waals surface area contributed by atoms with Gasteiger partial charge in [0.1, 0.15) is 12.4 Å². The molecule has 0 unspecified atom stereocenters. The van der Waals surface area contributed by atoms with Crippen LogP contribution in [-0.4, -0.2) is 26.8 Å². The quantitative estimate of drug-likeness (QED) is 0.832. The number of allylic oxidation sites excluding steroid dienone is 1. The van der Waals surface area contributed by atoms with Gasteiger partial charge in [-0.2, -0.15) is 10.1 Å². The summed E-state index contributed by atoms with van der Waals surface area (Å²) in [6.45, 7) is 5.51. The number of ether oxygens (including phenoxy) is 1. The summed E-state index contributed by atoms with van der Waals surface area (Å²) in [5, 5.41) is 7.39. The van der Waals surface area contributed by atoms with Crippen LogP contribution in [0, 0.1) is 0 Å². The van der Waals surface area contributed by atoms with Crippen LogP contribution < -0.4 is 5.32 Å². The van der Waals surface area contributed by atoms with Crippen molar-refractivity contribution >= 4 is 27.8 Å². The van der Waals surface area contributed by atoms with E-state index < -0.39 is 0 Å². The van der Waals surface area contributed by atoms with E-state index >= 15 is 0 Å². The van der Waals surface area contributed by atoms with Gasteiger partial charge in [-0.3, -0.25) is 0 Å². The van der Waals surface area contributed by atoms with E-state index in [1.165, 1.54) is 6.33 Å². The molecule has 23 heavy (non-hydrogen) atoms. The van der Waals surface area contributed by atoms with Gasteiger partial charge in [0.05, 0.1) is 11.7 Å². The summed E-state index contributed by atoms with van der Waals surface area (Å²) in [7, 11) is 0. The molecule has 2 aromatic rings. The van der Waals surface area contributed by atoms with Crippen molar-refractivity contribution in [2.75, 3.05) is 5.32 Å². The maximum Gasteiger partial charge on any atom is 0.338 e. The maximum atomic E-state index is 12.6. The van der Waals surface area contributed by atoms with Crippen molar-refractivity contribution in [2.45, 2.75) is 32.9 Å². The highest BCUT2D eigenvalue weighted by Crippen LogP contribution is 2.36. The third kappa shape index (κ3) is 3.01. The molecule has 0 saturated carbocycles. The number of halogens is 1. The number of carbonyl (C=O) groups excluding carboxylic acids is 1. The number of hydrogen-bond donors (Lipinski definition) is 1. The molecule has 1 aliphatic heterocycles. The summed E-state index contributed by atoms with van der Waals surface area (Å²) < 4.78 is 8.06. The number of rotatable bonds is 3. The van der Waals surface area contributed by atoms with Crippen molar-refractivity contribution in [3.8, 4) is 0 Å². The van der Waals surface area contributed by atoms with Crippen molar-refractivity contribution in [2.24, 2.45) is 0 Å². The normalized spacial score (nSPS) is 17.0. The van der Waals surface area contributed by atoms with E-state index in [2.05, 4.69) is 31.3 Å². The fourth-order valence-corrected chi connectivity index (χ4v) is 3.03. The Morgan fingerprint density at radius 3 is 2.91 bits per heavy atom. The molecule has 1 aromatic carbocycles. The molecule has 7 heteroatoms. The number of anilines is 1. The number of fused-ring (bicyclic) bond motifs is 1. The number of nitrogens with one attached hydrogen (secondary N) is 1. The Bertz CT molecular complexity index is 782. The van der Waals surface area contributed by atoms with Crippen LogP contribution in [0.5, 0.6) is 0 Å². The van der Waals surface area contributed by atoms with Gasteiger partial charge in [0, 0.05) is 10.2 Å². The number of esters is 1. The third-order valence-corrected chi connectivity index (χ3v) is 4.01. The van der Waals surface area contributed by atoms with Gasteiger partial charge in [0.15, 0.2) is 0 Å². The van der Waals surface area contributed by atoms with E-state index in [9.17, 15) is 4.79 Å². The minimum absolute atomic E-state index is 0.192. The molecule has 0 fully saturated rings. The number of benzene rings is 1. The minimum atomic E-state index is -0.377. The highest BCUT2D eigenvalue weighted by Gasteiger charge is 2.34. The summed E-state index contributed by atoms with van der Waals surface area (Å²) in [6, 6.07) is 7.42. The average molecular weight is 377 g/mol. The zero-order valence-electron chi connectivity index (χ0n) is 13.1. The molecular formula is C16H17BrN4O2. The zero-order valence-corrected chi connectivity index (χ0v) is 14.7. The van der Waals surface area contributed by atoms with Crippen molar-refractivity contribution in [3.63, 3.8) is 0 Å². The van der Waals surface area contributed by atoms with E-state index in [0.29, 0.717) is 11.5 Å². The predicted molar refractivity (Wildman–Crippen MR) is 89.9 cm³/mol. The maximum absolute atomic E-state index is 12.6. The molecule has 0 aliphatic carbocycles. The van der Waals surface area contributed by atoms with Crippen LogP contribution in [0.1, 0.15) is 32.4 Å². The van der Waals surface area contributed by atoms with Crippen LogP contribution in [-0.2, 0) is 9.53 Å². The highest BCUT2D eigenvalue weighted by molar-refractivity contribution is 9.10. The molecule has 3 rings (SSSR count). The molecule has 0 amide bonds. The van der Waals surface area contributed by atoms with Gasteiger partial charge in [0.25, 0.3) is 0 Å². The molecule has 0 radical (unpaired) electrons. The van der Waals surface area contributed by atoms with Gasteiger partial charge >= 0.3 is 5.97 Å². The Morgan fingerprint density at radius 2 is 2.22 bits per heavy atom. The summed E-state index contributed by atoms with van der Waals surface area (Å²) in [4.78, 5) is 16.8. The number of aromatic nitrogens is 3. The largest absolute Gasteiger partial charge is 0.459 e. The topological polar surface area (TPSA) is 69.0 Å². The second-order valence-corrected chi connectivity index (χ2v) is 6.52. The number of nitrogens with zero attached hydrogens (tertiary/aromatic N) is 3. The number of carbonyl (C=O) groups is 1. The zero-order chi connectivity index (χ0) is 16.6. The predicted octanol–water partition coefficient (Wildman–Crippen LogP) is 3.28. The molecule has 6 nitrogen and oxygen atoms in total. The lowest BCUT2D eigenvalue weighted by Gasteiger charge is -2.28. The Hall–Kier alpha value is -2.15. The van der Waals surface area contributed by atoms with E-state index in [-0.39, 0.29) is 18.1 Å². The first-order chi connectivity index (χ1) is 11.0. The lowest BCUT2D eigenvalue weighted by atomic mass is 9.96. The summed E-state index contributed by atoms with van der Waals surface area (Å²) in [6.07, 6.45) is 1.28. The summed E-state index contributed by atoms with van der Waals surface area (Å²) >= 11 is 3.48. The molecule has 2 heterocycles. The standard InChI is InChI=1S/C16H17BrN4O2/c1-9(2)23-15(22)13-10(3)20-16-18-8-19-21(16)14(13)11-5-4-6-12(17)7-11/h4-9,14H,1-3H3,(H,18,19,20)/t14-/m1/s1. The summed E-state index contributed by atoms with van der Waals surface area (Å²) in [5.41, 5.74) is 2.19. The van der Waals surface area contributed by atoms with Crippen LogP contribution in [0.15, 0.2) is 46.3 Å². The summed E-state index contributed by atoms with van der Waals surface area (Å²) in [5.74, 6) is 0.254. The monoisotopic (exact) mass is 376 g/mol. The van der Waals surface area contributed by atoms with Crippen LogP contribution in [0.25, 0.3) is 0 Å². The van der Waals surface area contributed by atoms with Gasteiger partial charge in [-0.05, 0) is 38.5 Å². The molecule has 0 saturated heterocycles. The molecule has 1 aromatic heterocycles. The first kappa shape index (κ1) is 15.7. The first-order valence-electron chi connectivity index (χ1n) is 7.31. The Balaban J connectivity index is 2.13. The number of hydrogen-bond acceptors (Lipinski definition) is 5. The fourth-order valence-electron chi connectivity index (χ4n) is 2.62. The highest BCUT2D eigenvalue weighted by atomic mass is 79.9. The van der Waals surface area contributed by atoms with E-state index in [4.69, 9.17) is 4.74 Å². The second-order valence-electron chi connectivity index (χ2n) is 5.60. The van der Waals surface area contributed by atoms with Crippen LogP contribution in [0.3, 0.4) is 0 Å². The lowest BCUT2D eigenvalue weighted by molar-refractivity contribution is -0.143. The van der Waals surface area contributed by atoms with Gasteiger partial charge in [-0.15, -0.1) is 0 Å². The molecule has 1 aliphatic rings. The van der Waals surface area contributed by atoms with Crippen LogP contribution in [0.2, 0.25) is 0 Å². The van der Waals surface area contributed by atoms with Gasteiger partial charge in [0.2, 0.25) is 5.95 Å². The molecule has 0 bridgehead atoms. The average Bonchev–Trinajstić information content (AvgIpc) is 2.92. The second kappa shape index (κ2) is 6.16. The molecule has 120 valence electrons. The van der Waals surface area contributed by atoms with E-state index in [1.807, 2.05) is 45.0 Å². The fraction of sp³-hybridized carbons (Fsp3) is 0.312. The Kier molecular flexibility index (Phi) is 4.21. The Labute approximate surface area is 142 Å². The van der Waals surface area contributed by atoms with Crippen molar-refractivity contribution < 1.29 is 9.53 Å². The van der Waals surface area contributed by atoms with E-state index in [1.54, 1.807) is 4.68 Å². The van der Waals surface area contributed by atoms with E-state index in [0.717, 1.165) is 15.7 Å².